The second kappa shape index (κ2) is 23.9. The van der Waals surface area contributed by atoms with Gasteiger partial charge in [-0.05, 0) is 118 Å². The zero-order valence-corrected chi connectivity index (χ0v) is 42.7. The number of pyridine rings is 3. The fourth-order valence-electron chi connectivity index (χ4n) is 9.16. The molecule has 0 saturated carbocycles. The average molecular weight is 902 g/mol. The summed E-state index contributed by atoms with van der Waals surface area (Å²) in [5.74, 6) is 0. The first-order chi connectivity index (χ1) is 32.6. The van der Waals surface area contributed by atoms with Crippen molar-refractivity contribution in [3.63, 3.8) is 0 Å². The Morgan fingerprint density at radius 2 is 1.15 bits per heavy atom. The SMILES string of the molecule is CC1=CN(C)Cc2ccccc21.CC1=CN(C)c2ccccc2C1.CC1=Cc2ccccc2N(C)C1.Cc1c[n+](C)cc2ccccc12.Cc1cc2ccccc2[n+](C)c1.Cc1ccc[n+](C)c1. The van der Waals surface area contributed by atoms with Crippen molar-refractivity contribution in [2.75, 3.05) is 37.5 Å². The highest BCUT2D eigenvalue weighted by molar-refractivity contribution is 5.83. The van der Waals surface area contributed by atoms with Gasteiger partial charge >= 0.3 is 0 Å². The Morgan fingerprint density at radius 3 is 1.88 bits per heavy atom. The van der Waals surface area contributed by atoms with Crippen LogP contribution in [0.5, 0.6) is 0 Å². The number of aromatic nitrogens is 3. The molecule has 3 aromatic heterocycles. The zero-order chi connectivity index (χ0) is 48.7. The van der Waals surface area contributed by atoms with E-state index in [2.05, 4.69) is 277 Å². The number of anilines is 2. The van der Waals surface area contributed by atoms with Gasteiger partial charge in [0.15, 0.2) is 31.0 Å². The first kappa shape index (κ1) is 50.1. The Kier molecular flexibility index (Phi) is 17.6. The van der Waals surface area contributed by atoms with E-state index < -0.39 is 0 Å². The summed E-state index contributed by atoms with van der Waals surface area (Å²) in [6.45, 7) is 14.9. The normalized spacial score (nSPS) is 13.0. The molecule has 68 heavy (non-hydrogen) atoms. The summed E-state index contributed by atoms with van der Waals surface area (Å²) >= 11 is 0. The number of fused-ring (bicyclic) bond motifs is 5. The van der Waals surface area contributed by atoms with Gasteiger partial charge in [0.2, 0.25) is 5.52 Å². The molecule has 11 rings (SSSR count). The van der Waals surface area contributed by atoms with Crippen LogP contribution in [0.25, 0.3) is 33.3 Å². The highest BCUT2D eigenvalue weighted by atomic mass is 15.1. The van der Waals surface area contributed by atoms with Crippen molar-refractivity contribution in [1.82, 2.24) is 4.90 Å². The van der Waals surface area contributed by atoms with Gasteiger partial charge in [0.05, 0.1) is 0 Å². The quantitative estimate of drug-likeness (QED) is 0.142. The molecule has 0 spiro atoms. The number of nitrogens with zero attached hydrogens (tertiary/aromatic N) is 6. The van der Waals surface area contributed by atoms with Gasteiger partial charge in [-0.1, -0.05) is 108 Å². The molecule has 0 N–H and O–H groups in total. The highest BCUT2D eigenvalue weighted by Crippen LogP contribution is 2.28. The van der Waals surface area contributed by atoms with Crippen LogP contribution >= 0.6 is 0 Å². The lowest BCUT2D eigenvalue weighted by molar-refractivity contribution is -0.671. The van der Waals surface area contributed by atoms with Gasteiger partial charge in [0, 0.05) is 97.6 Å². The molecule has 0 aliphatic carbocycles. The molecule has 5 aromatic carbocycles. The molecule has 0 unspecified atom stereocenters. The minimum absolute atomic E-state index is 1.04. The monoisotopic (exact) mass is 902 g/mol. The first-order valence-corrected chi connectivity index (χ1v) is 23.7. The van der Waals surface area contributed by atoms with Crippen LogP contribution in [0.2, 0.25) is 0 Å². The Bertz CT molecular complexity index is 2950. The molecule has 6 heteroatoms. The summed E-state index contributed by atoms with van der Waals surface area (Å²) < 4.78 is 6.29. The van der Waals surface area contributed by atoms with Crippen molar-refractivity contribution in [2.24, 2.45) is 21.1 Å². The van der Waals surface area contributed by atoms with Crippen LogP contribution in [0.15, 0.2) is 194 Å². The minimum atomic E-state index is 1.04. The molecule has 6 heterocycles. The van der Waals surface area contributed by atoms with Crippen molar-refractivity contribution in [1.29, 1.82) is 0 Å². The zero-order valence-electron chi connectivity index (χ0n) is 42.7. The molecule has 0 fully saturated rings. The fraction of sp³-hybridized carbons (Fsp3) is 0.242. The van der Waals surface area contributed by atoms with Gasteiger partial charge in [-0.2, -0.15) is 0 Å². The number of aryl methyl sites for hydroxylation is 6. The van der Waals surface area contributed by atoms with Gasteiger partial charge < -0.3 is 14.7 Å². The molecule has 3 aliphatic heterocycles. The van der Waals surface area contributed by atoms with Crippen LogP contribution in [-0.4, -0.2) is 32.6 Å². The van der Waals surface area contributed by atoms with Crippen LogP contribution in [-0.2, 0) is 34.1 Å². The van der Waals surface area contributed by atoms with Crippen molar-refractivity contribution in [3.05, 3.63) is 233 Å². The van der Waals surface area contributed by atoms with E-state index in [0.717, 1.165) is 19.5 Å². The summed E-state index contributed by atoms with van der Waals surface area (Å²) in [6.07, 6.45) is 18.3. The highest BCUT2D eigenvalue weighted by Gasteiger charge is 2.13. The Morgan fingerprint density at radius 1 is 0.500 bits per heavy atom. The maximum atomic E-state index is 2.28. The van der Waals surface area contributed by atoms with E-state index in [0.29, 0.717) is 0 Å². The molecular weight excluding hydrogens is 829 g/mol. The van der Waals surface area contributed by atoms with E-state index >= 15 is 0 Å². The van der Waals surface area contributed by atoms with E-state index in [1.807, 2.05) is 23.9 Å². The summed E-state index contributed by atoms with van der Waals surface area (Å²) in [5, 5.41) is 3.95. The summed E-state index contributed by atoms with van der Waals surface area (Å²) in [7, 11) is 12.5. The molecule has 0 atom stereocenters. The number of hydrogen-bond acceptors (Lipinski definition) is 3. The smallest absolute Gasteiger partial charge is 0.212 e. The molecule has 0 radical (unpaired) electrons. The topological polar surface area (TPSA) is 21.4 Å². The first-order valence-electron chi connectivity index (χ1n) is 23.7. The third-order valence-electron chi connectivity index (χ3n) is 12.1. The maximum absolute atomic E-state index is 2.28. The number of allylic oxidation sites excluding steroid dienone is 2. The molecule has 0 amide bonds. The molecule has 8 aromatic rings. The predicted octanol–water partition coefficient (Wildman–Crippen LogP) is 12.4. The summed E-state index contributed by atoms with van der Waals surface area (Å²) in [6, 6.07) is 48.8. The lowest BCUT2D eigenvalue weighted by Gasteiger charge is -2.26. The Balaban J connectivity index is 0.000000135. The van der Waals surface area contributed by atoms with Gasteiger partial charge in [-0.15, -0.1) is 0 Å². The van der Waals surface area contributed by atoms with E-state index in [4.69, 9.17) is 0 Å². The maximum Gasteiger partial charge on any atom is 0.212 e. The van der Waals surface area contributed by atoms with Crippen LogP contribution in [0.1, 0.15) is 59.7 Å². The van der Waals surface area contributed by atoms with Crippen LogP contribution in [0, 0.1) is 20.8 Å². The molecule has 0 saturated heterocycles. The van der Waals surface area contributed by atoms with Crippen molar-refractivity contribution >= 4 is 44.7 Å². The van der Waals surface area contributed by atoms with Crippen molar-refractivity contribution < 1.29 is 13.7 Å². The van der Waals surface area contributed by atoms with Crippen molar-refractivity contribution in [3.8, 4) is 0 Å². The lowest BCUT2D eigenvalue weighted by Crippen LogP contribution is -2.28. The van der Waals surface area contributed by atoms with Gasteiger partial charge in [0.25, 0.3) is 0 Å². The largest absolute Gasteiger partial charge is 0.376 e. The van der Waals surface area contributed by atoms with Gasteiger partial charge in [0.1, 0.15) is 21.1 Å². The fourth-order valence-corrected chi connectivity index (χ4v) is 9.16. The number of benzene rings is 5. The van der Waals surface area contributed by atoms with E-state index in [-0.39, 0.29) is 0 Å². The summed E-state index contributed by atoms with van der Waals surface area (Å²) in [5.41, 5.74) is 17.7. The molecule has 3 aliphatic rings. The van der Waals surface area contributed by atoms with Crippen LogP contribution in [0.3, 0.4) is 0 Å². The summed E-state index contributed by atoms with van der Waals surface area (Å²) in [4.78, 5) is 6.69. The van der Waals surface area contributed by atoms with Crippen LogP contribution in [0.4, 0.5) is 11.4 Å². The van der Waals surface area contributed by atoms with Gasteiger partial charge in [-0.3, -0.25) is 0 Å². The second-order valence-corrected chi connectivity index (χ2v) is 18.6. The Hall–Kier alpha value is -7.31. The standard InChI is InChI=1S/C11H13N.C11H12N.2C11H13N.C11H12N.C7H10N/c2*1-9-7-12(2)8-10-5-3-4-6-11(9)10;3*1-9-7-10-5-3-4-6-11(10)12(2)8-9;1-7-4-3-5-8(2)6-7/h3-7H,8H2,1-2H3;3-8H,1-2H3;3-6,8H,7H2,1-2H3;3-7H,8H2,1-2H3;3-8H,1-2H3;3-6H,1-2H3/q;+1;;;2*+1. The minimum Gasteiger partial charge on any atom is -0.376 e. The molecule has 0 bridgehead atoms. The van der Waals surface area contributed by atoms with Crippen LogP contribution < -0.4 is 23.5 Å². The average Bonchev–Trinajstić information content (AvgIpc) is 3.30. The third-order valence-corrected chi connectivity index (χ3v) is 12.1. The predicted molar refractivity (Wildman–Crippen MR) is 289 cm³/mol. The molecular formula is C62H73N6+3. The lowest BCUT2D eigenvalue weighted by atomic mass is 9.98. The Labute approximate surface area is 407 Å². The number of hydrogen-bond donors (Lipinski definition) is 0. The number of rotatable bonds is 0. The van der Waals surface area contributed by atoms with Crippen molar-refractivity contribution in [2.45, 2.75) is 54.5 Å². The van der Waals surface area contributed by atoms with E-state index in [1.165, 1.54) is 88.7 Å². The van der Waals surface area contributed by atoms with Gasteiger partial charge in [-0.25, -0.2) is 13.7 Å². The third kappa shape index (κ3) is 14.1. The molecule has 6 nitrogen and oxygen atoms in total. The van der Waals surface area contributed by atoms with E-state index in [1.54, 1.807) is 0 Å². The number of para-hydroxylation sites is 3. The second-order valence-electron chi connectivity index (χ2n) is 18.6. The van der Waals surface area contributed by atoms with E-state index in [9.17, 15) is 0 Å². The number of likely N-dealkylation sites (N-methyl/N-ethyl adjacent to an activating group) is 1. The molecule has 348 valence electrons.